The number of hydrogen-bond acceptors (Lipinski definition) is 5. The molecule has 0 bridgehead atoms. The Labute approximate surface area is 108 Å². The number of benzene rings is 1. The van der Waals surface area contributed by atoms with E-state index in [-0.39, 0.29) is 0 Å². The molecule has 0 fully saturated rings. The molecule has 0 aliphatic heterocycles. The van der Waals surface area contributed by atoms with Crippen molar-refractivity contribution in [3.05, 3.63) is 47.5 Å². The molecule has 2 aromatic rings. The normalized spacial score (nSPS) is 10.0. The van der Waals surface area contributed by atoms with Crippen LogP contribution >= 0.6 is 11.8 Å². The SMILES string of the molecule is N#Cc1cc(F)ccc1CSc1nccnc1N. The number of rotatable bonds is 3. The Morgan fingerprint density at radius 3 is 2.83 bits per heavy atom. The molecule has 0 spiro atoms. The summed E-state index contributed by atoms with van der Waals surface area (Å²) in [6.45, 7) is 0. The van der Waals surface area contributed by atoms with Crippen LogP contribution in [0.25, 0.3) is 0 Å². The van der Waals surface area contributed by atoms with Crippen LogP contribution in [0, 0.1) is 17.1 Å². The molecule has 0 amide bonds. The van der Waals surface area contributed by atoms with Crippen molar-refractivity contribution in [2.24, 2.45) is 0 Å². The Morgan fingerprint density at radius 2 is 2.11 bits per heavy atom. The van der Waals surface area contributed by atoms with Gasteiger partial charge in [0.25, 0.3) is 0 Å². The zero-order chi connectivity index (χ0) is 13.0. The molecule has 0 aliphatic carbocycles. The van der Waals surface area contributed by atoms with E-state index in [0.717, 1.165) is 5.56 Å². The standard InChI is InChI=1S/C12H9FN4S/c13-10-2-1-8(9(5-10)6-14)7-18-12-11(15)16-3-4-17-12/h1-5H,7H2,(H2,15,16). The summed E-state index contributed by atoms with van der Waals surface area (Å²) < 4.78 is 13.0. The van der Waals surface area contributed by atoms with E-state index < -0.39 is 5.82 Å². The fraction of sp³-hybridized carbons (Fsp3) is 0.0833. The van der Waals surface area contributed by atoms with Gasteiger partial charge < -0.3 is 5.73 Å². The molecule has 2 rings (SSSR count). The molecule has 6 heteroatoms. The van der Waals surface area contributed by atoms with E-state index in [9.17, 15) is 4.39 Å². The Hall–Kier alpha value is -2.13. The zero-order valence-electron chi connectivity index (χ0n) is 9.30. The lowest BCUT2D eigenvalue weighted by Crippen LogP contribution is -1.96. The predicted octanol–water partition coefficient (Wildman–Crippen LogP) is 2.36. The van der Waals surface area contributed by atoms with Crippen molar-refractivity contribution in [1.82, 2.24) is 9.97 Å². The van der Waals surface area contributed by atoms with Gasteiger partial charge in [-0.2, -0.15) is 5.26 Å². The first kappa shape index (κ1) is 12.3. The van der Waals surface area contributed by atoms with Crippen LogP contribution in [0.4, 0.5) is 10.2 Å². The number of aromatic nitrogens is 2. The van der Waals surface area contributed by atoms with Crippen molar-refractivity contribution in [2.45, 2.75) is 10.8 Å². The number of hydrogen-bond donors (Lipinski definition) is 1. The van der Waals surface area contributed by atoms with Crippen LogP contribution in [-0.4, -0.2) is 9.97 Å². The Bertz CT molecular complexity index is 609. The van der Waals surface area contributed by atoms with Crippen molar-refractivity contribution in [3.63, 3.8) is 0 Å². The van der Waals surface area contributed by atoms with Gasteiger partial charge in [0.1, 0.15) is 10.8 Å². The highest BCUT2D eigenvalue weighted by Crippen LogP contribution is 2.25. The van der Waals surface area contributed by atoms with Gasteiger partial charge in [0, 0.05) is 18.1 Å². The lowest BCUT2D eigenvalue weighted by molar-refractivity contribution is 0.627. The molecule has 18 heavy (non-hydrogen) atoms. The summed E-state index contributed by atoms with van der Waals surface area (Å²) in [6, 6.07) is 6.11. The quantitative estimate of drug-likeness (QED) is 0.857. The molecule has 0 radical (unpaired) electrons. The fourth-order valence-corrected chi connectivity index (χ4v) is 2.25. The Balaban J connectivity index is 2.16. The van der Waals surface area contributed by atoms with E-state index in [1.807, 2.05) is 6.07 Å². The van der Waals surface area contributed by atoms with Crippen LogP contribution < -0.4 is 5.73 Å². The smallest absolute Gasteiger partial charge is 0.156 e. The minimum atomic E-state index is -0.417. The number of thioether (sulfide) groups is 1. The lowest BCUT2D eigenvalue weighted by Gasteiger charge is -2.05. The van der Waals surface area contributed by atoms with E-state index in [1.165, 1.54) is 30.1 Å². The fourth-order valence-electron chi connectivity index (χ4n) is 1.37. The molecule has 0 unspecified atom stereocenters. The summed E-state index contributed by atoms with van der Waals surface area (Å²) in [4.78, 5) is 8.00. The maximum absolute atomic E-state index is 13.0. The van der Waals surface area contributed by atoms with Gasteiger partial charge in [-0.25, -0.2) is 14.4 Å². The van der Waals surface area contributed by atoms with Crippen LogP contribution in [0.2, 0.25) is 0 Å². The van der Waals surface area contributed by atoms with Gasteiger partial charge in [0.2, 0.25) is 0 Å². The number of nitriles is 1. The summed E-state index contributed by atoms with van der Waals surface area (Å²) in [6.07, 6.45) is 3.06. The van der Waals surface area contributed by atoms with Gasteiger partial charge in [-0.15, -0.1) is 0 Å². The maximum atomic E-state index is 13.0. The minimum absolute atomic E-state index is 0.324. The number of halogens is 1. The van der Waals surface area contributed by atoms with E-state index in [2.05, 4.69) is 9.97 Å². The van der Waals surface area contributed by atoms with Gasteiger partial charge in [0.15, 0.2) is 5.82 Å². The van der Waals surface area contributed by atoms with Crippen molar-refractivity contribution < 1.29 is 4.39 Å². The van der Waals surface area contributed by atoms with Crippen molar-refractivity contribution in [2.75, 3.05) is 5.73 Å². The molecule has 1 aromatic carbocycles. The minimum Gasteiger partial charge on any atom is -0.381 e. The number of nitrogens with zero attached hydrogens (tertiary/aromatic N) is 3. The number of nitrogen functional groups attached to an aromatic ring is 1. The molecule has 0 atom stereocenters. The van der Waals surface area contributed by atoms with Gasteiger partial charge in [0.05, 0.1) is 11.6 Å². The second kappa shape index (κ2) is 5.47. The summed E-state index contributed by atoms with van der Waals surface area (Å²) in [5, 5.41) is 9.52. The molecule has 0 saturated carbocycles. The van der Waals surface area contributed by atoms with Crippen LogP contribution in [0.3, 0.4) is 0 Å². The monoisotopic (exact) mass is 260 g/mol. The first-order valence-electron chi connectivity index (χ1n) is 5.08. The van der Waals surface area contributed by atoms with Crippen LogP contribution in [-0.2, 0) is 5.75 Å². The molecule has 0 aliphatic rings. The molecule has 2 N–H and O–H groups in total. The van der Waals surface area contributed by atoms with E-state index in [0.29, 0.717) is 22.2 Å². The molecule has 90 valence electrons. The van der Waals surface area contributed by atoms with Crippen LogP contribution in [0.5, 0.6) is 0 Å². The molecular formula is C12H9FN4S. The molecule has 4 nitrogen and oxygen atoms in total. The highest BCUT2D eigenvalue weighted by Gasteiger charge is 2.07. The Morgan fingerprint density at radius 1 is 1.33 bits per heavy atom. The molecule has 1 heterocycles. The largest absolute Gasteiger partial charge is 0.381 e. The third-order valence-corrected chi connectivity index (χ3v) is 3.29. The summed E-state index contributed by atoms with van der Waals surface area (Å²) in [7, 11) is 0. The average Bonchev–Trinajstić information content (AvgIpc) is 2.39. The predicted molar refractivity (Wildman–Crippen MR) is 67.1 cm³/mol. The number of nitrogens with two attached hydrogens (primary N) is 1. The second-order valence-electron chi connectivity index (χ2n) is 3.45. The van der Waals surface area contributed by atoms with Gasteiger partial charge in [-0.1, -0.05) is 17.8 Å². The van der Waals surface area contributed by atoms with E-state index in [4.69, 9.17) is 11.0 Å². The average molecular weight is 260 g/mol. The van der Waals surface area contributed by atoms with E-state index >= 15 is 0 Å². The third-order valence-electron chi connectivity index (χ3n) is 2.25. The van der Waals surface area contributed by atoms with E-state index in [1.54, 1.807) is 12.3 Å². The first-order chi connectivity index (χ1) is 8.70. The highest BCUT2D eigenvalue weighted by atomic mass is 32.2. The molecular weight excluding hydrogens is 251 g/mol. The van der Waals surface area contributed by atoms with Crippen LogP contribution in [0.15, 0.2) is 35.6 Å². The van der Waals surface area contributed by atoms with Gasteiger partial charge in [-0.05, 0) is 17.7 Å². The van der Waals surface area contributed by atoms with Gasteiger partial charge >= 0.3 is 0 Å². The van der Waals surface area contributed by atoms with Crippen molar-refractivity contribution >= 4 is 17.6 Å². The van der Waals surface area contributed by atoms with Gasteiger partial charge in [-0.3, -0.25) is 0 Å². The second-order valence-corrected chi connectivity index (χ2v) is 4.41. The van der Waals surface area contributed by atoms with Crippen LogP contribution in [0.1, 0.15) is 11.1 Å². The summed E-state index contributed by atoms with van der Waals surface area (Å²) in [5.74, 6) is 0.425. The summed E-state index contributed by atoms with van der Waals surface area (Å²) >= 11 is 1.36. The third kappa shape index (κ3) is 2.76. The highest BCUT2D eigenvalue weighted by molar-refractivity contribution is 7.98. The zero-order valence-corrected chi connectivity index (χ0v) is 10.1. The Kier molecular flexibility index (Phi) is 3.75. The van der Waals surface area contributed by atoms with Crippen molar-refractivity contribution in [1.29, 1.82) is 5.26 Å². The summed E-state index contributed by atoms with van der Waals surface area (Å²) in [5.41, 5.74) is 6.73. The lowest BCUT2D eigenvalue weighted by atomic mass is 10.1. The molecule has 0 saturated heterocycles. The number of anilines is 1. The molecule has 1 aromatic heterocycles. The first-order valence-corrected chi connectivity index (χ1v) is 6.07. The maximum Gasteiger partial charge on any atom is 0.156 e. The van der Waals surface area contributed by atoms with Crippen molar-refractivity contribution in [3.8, 4) is 6.07 Å². The topological polar surface area (TPSA) is 75.6 Å².